The Bertz CT molecular complexity index is 371. The molecule has 2 N–H and O–H groups in total. The van der Waals surface area contributed by atoms with Crippen molar-refractivity contribution in [3.05, 3.63) is 35.9 Å². The second-order valence-electron chi connectivity index (χ2n) is 3.43. The van der Waals surface area contributed by atoms with E-state index in [-0.39, 0.29) is 26.3 Å². The lowest BCUT2D eigenvalue weighted by atomic mass is 10.1. The average molecular weight is 237 g/mol. The van der Waals surface area contributed by atoms with E-state index in [2.05, 4.69) is 0 Å². The number of nitrogens with zero attached hydrogens (tertiary/aromatic N) is 1. The van der Waals surface area contributed by atoms with E-state index in [0.29, 0.717) is 5.56 Å². The van der Waals surface area contributed by atoms with Crippen LogP contribution in [0.1, 0.15) is 10.4 Å². The lowest BCUT2D eigenvalue weighted by Crippen LogP contribution is -2.40. The highest BCUT2D eigenvalue weighted by molar-refractivity contribution is 6.42. The Labute approximate surface area is 99.3 Å². The number of Topliss-reactive ketones (excluding diaryl/α,β-unsaturated/α-hetero) is 1. The molecule has 0 saturated heterocycles. The van der Waals surface area contributed by atoms with Crippen molar-refractivity contribution < 1.29 is 19.8 Å². The molecule has 5 nitrogen and oxygen atoms in total. The van der Waals surface area contributed by atoms with E-state index in [9.17, 15) is 9.59 Å². The Hall–Kier alpha value is -1.72. The highest BCUT2D eigenvalue weighted by Crippen LogP contribution is 2.03. The van der Waals surface area contributed by atoms with Crippen LogP contribution in [0.4, 0.5) is 0 Å². The molecule has 1 aromatic rings. The molecule has 0 atom stereocenters. The molecular formula is C12H15NO4. The summed E-state index contributed by atoms with van der Waals surface area (Å²) < 4.78 is 0. The number of aliphatic hydroxyl groups excluding tert-OH is 2. The van der Waals surface area contributed by atoms with Crippen molar-refractivity contribution in [1.82, 2.24) is 4.90 Å². The first-order chi connectivity index (χ1) is 8.20. The van der Waals surface area contributed by atoms with E-state index in [0.717, 1.165) is 4.90 Å². The van der Waals surface area contributed by atoms with E-state index in [1.54, 1.807) is 30.3 Å². The standard InChI is InChI=1S/C12H15NO4/c14-8-6-13(7-9-15)12(17)11(16)10-4-2-1-3-5-10/h1-5,14-15H,6-9H2. The number of carbonyl (C=O) groups excluding carboxylic acids is 2. The zero-order chi connectivity index (χ0) is 12.7. The summed E-state index contributed by atoms with van der Waals surface area (Å²) >= 11 is 0. The van der Waals surface area contributed by atoms with Gasteiger partial charge in [-0.1, -0.05) is 30.3 Å². The molecule has 92 valence electrons. The summed E-state index contributed by atoms with van der Waals surface area (Å²) in [4.78, 5) is 24.7. The Morgan fingerprint density at radius 2 is 1.53 bits per heavy atom. The molecule has 1 rings (SSSR count). The van der Waals surface area contributed by atoms with Crippen molar-refractivity contribution in [1.29, 1.82) is 0 Å². The van der Waals surface area contributed by atoms with Crippen LogP contribution in [-0.2, 0) is 4.79 Å². The minimum absolute atomic E-state index is 0.0396. The number of benzene rings is 1. The van der Waals surface area contributed by atoms with Crippen LogP contribution in [0.3, 0.4) is 0 Å². The molecule has 0 aromatic heterocycles. The van der Waals surface area contributed by atoms with Gasteiger partial charge in [-0.25, -0.2) is 0 Å². The molecule has 5 heteroatoms. The molecule has 0 saturated carbocycles. The number of amides is 1. The minimum atomic E-state index is -0.709. The summed E-state index contributed by atoms with van der Waals surface area (Å²) in [5, 5.41) is 17.6. The summed E-state index contributed by atoms with van der Waals surface area (Å²) in [6.07, 6.45) is 0. The van der Waals surface area contributed by atoms with Crippen LogP contribution in [0.2, 0.25) is 0 Å². The molecule has 0 heterocycles. The van der Waals surface area contributed by atoms with Crippen LogP contribution in [0, 0.1) is 0 Å². The maximum Gasteiger partial charge on any atom is 0.295 e. The van der Waals surface area contributed by atoms with Crippen LogP contribution in [0.15, 0.2) is 30.3 Å². The number of carbonyl (C=O) groups is 2. The second kappa shape index (κ2) is 6.78. The van der Waals surface area contributed by atoms with Gasteiger partial charge < -0.3 is 15.1 Å². The minimum Gasteiger partial charge on any atom is -0.395 e. The zero-order valence-corrected chi connectivity index (χ0v) is 9.37. The van der Waals surface area contributed by atoms with Crippen LogP contribution in [0.5, 0.6) is 0 Å². The molecule has 0 bridgehead atoms. The van der Waals surface area contributed by atoms with Gasteiger partial charge in [0.15, 0.2) is 0 Å². The third kappa shape index (κ3) is 3.65. The summed E-state index contributed by atoms with van der Waals surface area (Å²) in [5.41, 5.74) is 0.304. The first-order valence-corrected chi connectivity index (χ1v) is 5.31. The van der Waals surface area contributed by atoms with Crippen molar-refractivity contribution in [2.75, 3.05) is 26.3 Å². The fraction of sp³-hybridized carbons (Fsp3) is 0.333. The first-order valence-electron chi connectivity index (χ1n) is 5.31. The average Bonchev–Trinajstić information content (AvgIpc) is 2.38. The highest BCUT2D eigenvalue weighted by atomic mass is 16.3. The van der Waals surface area contributed by atoms with Gasteiger partial charge in [0, 0.05) is 18.7 Å². The van der Waals surface area contributed by atoms with Gasteiger partial charge in [0.25, 0.3) is 5.91 Å². The summed E-state index contributed by atoms with van der Waals surface area (Å²) in [6.45, 7) is -0.405. The van der Waals surface area contributed by atoms with Gasteiger partial charge in [0.1, 0.15) is 0 Å². The van der Waals surface area contributed by atoms with Gasteiger partial charge >= 0.3 is 0 Å². The molecule has 1 amide bonds. The fourth-order valence-corrected chi connectivity index (χ4v) is 1.41. The number of hydrogen-bond donors (Lipinski definition) is 2. The quantitative estimate of drug-likeness (QED) is 0.525. The predicted molar refractivity (Wildman–Crippen MR) is 61.5 cm³/mol. The lowest BCUT2D eigenvalue weighted by Gasteiger charge is -2.19. The fourth-order valence-electron chi connectivity index (χ4n) is 1.41. The van der Waals surface area contributed by atoms with Crippen molar-refractivity contribution in [2.45, 2.75) is 0 Å². The topological polar surface area (TPSA) is 77.8 Å². The molecule has 0 aliphatic heterocycles. The van der Waals surface area contributed by atoms with Gasteiger partial charge in [-0.3, -0.25) is 9.59 Å². The van der Waals surface area contributed by atoms with Crippen molar-refractivity contribution in [3.8, 4) is 0 Å². The third-order valence-electron chi connectivity index (χ3n) is 2.26. The maximum atomic E-state index is 11.8. The normalized spacial score (nSPS) is 10.0. The molecule has 17 heavy (non-hydrogen) atoms. The summed E-state index contributed by atoms with van der Waals surface area (Å²) in [6, 6.07) is 8.19. The zero-order valence-electron chi connectivity index (χ0n) is 9.37. The molecule has 0 aliphatic rings. The number of ketones is 1. The lowest BCUT2D eigenvalue weighted by molar-refractivity contribution is -0.127. The Morgan fingerprint density at radius 3 is 2.00 bits per heavy atom. The number of rotatable bonds is 6. The van der Waals surface area contributed by atoms with Gasteiger partial charge in [-0.05, 0) is 0 Å². The molecule has 0 spiro atoms. The smallest absolute Gasteiger partial charge is 0.295 e. The van der Waals surface area contributed by atoms with Crippen LogP contribution in [0.25, 0.3) is 0 Å². The predicted octanol–water partition coefficient (Wildman–Crippen LogP) is -0.318. The SMILES string of the molecule is O=C(C(=O)N(CCO)CCO)c1ccccc1. The van der Waals surface area contributed by atoms with Gasteiger partial charge in [0.2, 0.25) is 5.78 Å². The summed E-state index contributed by atoms with van der Waals surface area (Å²) in [5.74, 6) is -1.34. The van der Waals surface area contributed by atoms with Gasteiger partial charge in [0.05, 0.1) is 13.2 Å². The van der Waals surface area contributed by atoms with E-state index >= 15 is 0 Å². The molecule has 0 unspecified atom stereocenters. The van der Waals surface area contributed by atoms with E-state index < -0.39 is 11.7 Å². The largest absolute Gasteiger partial charge is 0.395 e. The number of aliphatic hydroxyl groups is 2. The van der Waals surface area contributed by atoms with E-state index in [4.69, 9.17) is 10.2 Å². The van der Waals surface area contributed by atoms with Gasteiger partial charge in [-0.15, -0.1) is 0 Å². The summed E-state index contributed by atoms with van der Waals surface area (Å²) in [7, 11) is 0. The Balaban J connectivity index is 2.77. The Morgan fingerprint density at radius 1 is 1.00 bits per heavy atom. The van der Waals surface area contributed by atoms with Crippen molar-refractivity contribution >= 4 is 11.7 Å². The van der Waals surface area contributed by atoms with Crippen LogP contribution >= 0.6 is 0 Å². The second-order valence-corrected chi connectivity index (χ2v) is 3.43. The van der Waals surface area contributed by atoms with Crippen molar-refractivity contribution in [3.63, 3.8) is 0 Å². The van der Waals surface area contributed by atoms with E-state index in [1.807, 2.05) is 0 Å². The number of hydrogen-bond acceptors (Lipinski definition) is 4. The first kappa shape index (κ1) is 13.3. The van der Waals surface area contributed by atoms with E-state index in [1.165, 1.54) is 0 Å². The molecule has 0 aliphatic carbocycles. The monoisotopic (exact) mass is 237 g/mol. The van der Waals surface area contributed by atoms with Crippen molar-refractivity contribution in [2.24, 2.45) is 0 Å². The molecular weight excluding hydrogens is 222 g/mol. The molecule has 1 aromatic carbocycles. The van der Waals surface area contributed by atoms with Crippen LogP contribution in [-0.4, -0.2) is 53.1 Å². The molecule has 0 fully saturated rings. The molecule has 0 radical (unpaired) electrons. The Kier molecular flexibility index (Phi) is 5.32. The van der Waals surface area contributed by atoms with Crippen LogP contribution < -0.4 is 0 Å². The van der Waals surface area contributed by atoms with Gasteiger partial charge in [-0.2, -0.15) is 0 Å². The maximum absolute atomic E-state index is 11.8. The highest BCUT2D eigenvalue weighted by Gasteiger charge is 2.22. The third-order valence-corrected chi connectivity index (χ3v) is 2.26.